The minimum atomic E-state index is -0.283. The molecule has 98 valence electrons. The SMILES string of the molecule is CCOC(=O)/C=C(/C)c1ccc(C(C)(C)C)cc1. The van der Waals surface area contributed by atoms with E-state index >= 15 is 0 Å². The number of hydrogen-bond acceptors (Lipinski definition) is 2. The number of ether oxygens (including phenoxy) is 1. The van der Waals surface area contributed by atoms with E-state index in [0.29, 0.717) is 6.61 Å². The Morgan fingerprint density at radius 3 is 2.22 bits per heavy atom. The summed E-state index contributed by atoms with van der Waals surface area (Å²) < 4.78 is 4.90. The number of carbonyl (C=O) groups is 1. The van der Waals surface area contributed by atoms with Gasteiger partial charge in [-0.2, -0.15) is 0 Å². The molecule has 0 unspecified atom stereocenters. The topological polar surface area (TPSA) is 26.3 Å². The summed E-state index contributed by atoms with van der Waals surface area (Å²) in [5.41, 5.74) is 3.41. The molecule has 1 rings (SSSR count). The van der Waals surface area contributed by atoms with Crippen LogP contribution < -0.4 is 0 Å². The highest BCUT2D eigenvalue weighted by Gasteiger charge is 2.13. The zero-order valence-electron chi connectivity index (χ0n) is 11.9. The van der Waals surface area contributed by atoms with Gasteiger partial charge in [0.15, 0.2) is 0 Å². The third kappa shape index (κ3) is 4.02. The first-order valence-corrected chi connectivity index (χ1v) is 6.30. The average Bonchev–Trinajstić information content (AvgIpc) is 2.28. The van der Waals surface area contributed by atoms with Crippen molar-refractivity contribution < 1.29 is 9.53 Å². The molecule has 0 saturated carbocycles. The van der Waals surface area contributed by atoms with Crippen LogP contribution in [0.5, 0.6) is 0 Å². The van der Waals surface area contributed by atoms with Gasteiger partial charge >= 0.3 is 5.97 Å². The minimum absolute atomic E-state index is 0.150. The molecule has 1 aromatic carbocycles. The summed E-state index contributed by atoms with van der Waals surface area (Å²) in [6.07, 6.45) is 1.54. The fourth-order valence-corrected chi connectivity index (χ4v) is 1.68. The van der Waals surface area contributed by atoms with E-state index in [1.807, 2.05) is 19.1 Å². The molecule has 0 heterocycles. The number of rotatable bonds is 3. The smallest absolute Gasteiger partial charge is 0.331 e. The molecule has 0 aliphatic carbocycles. The first-order chi connectivity index (χ1) is 8.34. The van der Waals surface area contributed by atoms with Crippen molar-refractivity contribution in [2.45, 2.75) is 40.0 Å². The zero-order chi connectivity index (χ0) is 13.8. The third-order valence-electron chi connectivity index (χ3n) is 2.83. The van der Waals surface area contributed by atoms with Gasteiger partial charge in [0.1, 0.15) is 0 Å². The fraction of sp³-hybridized carbons (Fsp3) is 0.438. The van der Waals surface area contributed by atoms with Gasteiger partial charge in [0.05, 0.1) is 6.61 Å². The summed E-state index contributed by atoms with van der Waals surface area (Å²) >= 11 is 0. The normalized spacial score (nSPS) is 12.4. The Hall–Kier alpha value is -1.57. The molecule has 0 N–H and O–H groups in total. The summed E-state index contributed by atoms with van der Waals surface area (Å²) in [6.45, 7) is 10.7. The highest BCUT2D eigenvalue weighted by molar-refractivity contribution is 5.90. The summed E-state index contributed by atoms with van der Waals surface area (Å²) in [5.74, 6) is -0.283. The predicted octanol–water partition coefficient (Wildman–Crippen LogP) is 3.95. The summed E-state index contributed by atoms with van der Waals surface area (Å²) in [5, 5.41) is 0. The first-order valence-electron chi connectivity index (χ1n) is 6.30. The Labute approximate surface area is 110 Å². The molecule has 2 heteroatoms. The van der Waals surface area contributed by atoms with Gasteiger partial charge in [-0.05, 0) is 36.0 Å². The van der Waals surface area contributed by atoms with Gasteiger partial charge in [0.25, 0.3) is 0 Å². The number of carbonyl (C=O) groups excluding carboxylic acids is 1. The van der Waals surface area contributed by atoms with Gasteiger partial charge in [-0.1, -0.05) is 45.0 Å². The number of allylic oxidation sites excluding steroid dienone is 1. The molecule has 2 nitrogen and oxygen atoms in total. The fourth-order valence-electron chi connectivity index (χ4n) is 1.68. The summed E-state index contributed by atoms with van der Waals surface area (Å²) in [6, 6.07) is 8.31. The van der Waals surface area contributed by atoms with Gasteiger partial charge in [0.2, 0.25) is 0 Å². The highest BCUT2D eigenvalue weighted by Crippen LogP contribution is 2.24. The van der Waals surface area contributed by atoms with E-state index in [1.165, 1.54) is 11.6 Å². The highest BCUT2D eigenvalue weighted by atomic mass is 16.5. The van der Waals surface area contributed by atoms with Crippen molar-refractivity contribution in [1.82, 2.24) is 0 Å². The van der Waals surface area contributed by atoms with E-state index in [9.17, 15) is 4.79 Å². The monoisotopic (exact) mass is 246 g/mol. The van der Waals surface area contributed by atoms with Crippen molar-refractivity contribution in [2.75, 3.05) is 6.61 Å². The van der Waals surface area contributed by atoms with Crippen LogP contribution in [0.1, 0.15) is 45.7 Å². The minimum Gasteiger partial charge on any atom is -0.463 e. The number of hydrogen-bond donors (Lipinski definition) is 0. The summed E-state index contributed by atoms with van der Waals surface area (Å²) in [4.78, 5) is 11.4. The number of benzene rings is 1. The lowest BCUT2D eigenvalue weighted by atomic mass is 9.86. The van der Waals surface area contributed by atoms with Crippen LogP contribution >= 0.6 is 0 Å². The van der Waals surface area contributed by atoms with Gasteiger partial charge in [-0.15, -0.1) is 0 Å². The van der Waals surface area contributed by atoms with Gasteiger partial charge in [0, 0.05) is 6.08 Å². The van der Waals surface area contributed by atoms with Crippen LogP contribution in [-0.4, -0.2) is 12.6 Å². The van der Waals surface area contributed by atoms with Crippen molar-refractivity contribution in [3.05, 3.63) is 41.5 Å². The Morgan fingerprint density at radius 2 is 1.78 bits per heavy atom. The van der Waals surface area contributed by atoms with E-state index in [-0.39, 0.29) is 11.4 Å². The van der Waals surface area contributed by atoms with E-state index in [2.05, 4.69) is 32.9 Å². The zero-order valence-corrected chi connectivity index (χ0v) is 11.9. The van der Waals surface area contributed by atoms with E-state index in [0.717, 1.165) is 11.1 Å². The Balaban J connectivity index is 2.89. The molecule has 0 spiro atoms. The van der Waals surface area contributed by atoms with E-state index < -0.39 is 0 Å². The van der Waals surface area contributed by atoms with Crippen LogP contribution in [-0.2, 0) is 14.9 Å². The van der Waals surface area contributed by atoms with Crippen LogP contribution in [0.2, 0.25) is 0 Å². The molecule has 0 aliphatic rings. The molecule has 0 bridgehead atoms. The lowest BCUT2D eigenvalue weighted by Crippen LogP contribution is -2.10. The molecule has 1 aromatic rings. The standard InChI is InChI=1S/C16H22O2/c1-6-18-15(17)11-12(2)13-7-9-14(10-8-13)16(3,4)5/h7-11H,6H2,1-5H3/b12-11-. The van der Waals surface area contributed by atoms with Crippen LogP contribution in [0.15, 0.2) is 30.3 Å². The molecule has 0 amide bonds. The van der Waals surface area contributed by atoms with Crippen molar-refractivity contribution in [1.29, 1.82) is 0 Å². The van der Waals surface area contributed by atoms with Crippen LogP contribution in [0.3, 0.4) is 0 Å². The summed E-state index contributed by atoms with van der Waals surface area (Å²) in [7, 11) is 0. The second-order valence-electron chi connectivity index (χ2n) is 5.41. The maximum atomic E-state index is 11.4. The van der Waals surface area contributed by atoms with Crippen LogP contribution in [0, 0.1) is 0 Å². The molecule has 0 atom stereocenters. The largest absolute Gasteiger partial charge is 0.463 e. The Morgan fingerprint density at radius 1 is 1.22 bits per heavy atom. The molecule has 0 fully saturated rings. The lowest BCUT2D eigenvalue weighted by molar-refractivity contribution is -0.137. The second kappa shape index (κ2) is 5.85. The van der Waals surface area contributed by atoms with Gasteiger partial charge in [-0.3, -0.25) is 0 Å². The first kappa shape index (κ1) is 14.5. The number of esters is 1. The molecular weight excluding hydrogens is 224 g/mol. The third-order valence-corrected chi connectivity index (χ3v) is 2.83. The molecule has 0 aromatic heterocycles. The quantitative estimate of drug-likeness (QED) is 0.596. The Kier molecular flexibility index (Phi) is 4.71. The van der Waals surface area contributed by atoms with Crippen molar-refractivity contribution >= 4 is 11.5 Å². The van der Waals surface area contributed by atoms with Gasteiger partial charge in [-0.25, -0.2) is 4.79 Å². The van der Waals surface area contributed by atoms with Crippen molar-refractivity contribution in [3.63, 3.8) is 0 Å². The van der Waals surface area contributed by atoms with E-state index in [1.54, 1.807) is 6.92 Å². The van der Waals surface area contributed by atoms with Gasteiger partial charge < -0.3 is 4.74 Å². The lowest BCUT2D eigenvalue weighted by Gasteiger charge is -2.19. The maximum Gasteiger partial charge on any atom is 0.331 e. The van der Waals surface area contributed by atoms with Crippen molar-refractivity contribution in [3.8, 4) is 0 Å². The molecular formula is C16H22O2. The van der Waals surface area contributed by atoms with Crippen LogP contribution in [0.25, 0.3) is 5.57 Å². The van der Waals surface area contributed by atoms with Crippen molar-refractivity contribution in [2.24, 2.45) is 0 Å². The molecule has 0 aliphatic heterocycles. The Bertz CT molecular complexity index is 433. The molecule has 0 radical (unpaired) electrons. The average molecular weight is 246 g/mol. The van der Waals surface area contributed by atoms with Crippen LogP contribution in [0.4, 0.5) is 0 Å². The molecule has 0 saturated heterocycles. The predicted molar refractivity (Wildman–Crippen MR) is 75.4 cm³/mol. The second-order valence-corrected chi connectivity index (χ2v) is 5.41. The maximum absolute atomic E-state index is 11.4. The van der Waals surface area contributed by atoms with E-state index in [4.69, 9.17) is 4.74 Å². The molecule has 18 heavy (non-hydrogen) atoms.